The normalized spacial score (nSPS) is 17.8. The Morgan fingerprint density at radius 3 is 2.44 bits per heavy atom. The van der Waals surface area contributed by atoms with Gasteiger partial charge in [0.15, 0.2) is 11.5 Å². The van der Waals surface area contributed by atoms with Crippen LogP contribution in [0.3, 0.4) is 0 Å². The second-order valence-electron chi connectivity index (χ2n) is 7.92. The van der Waals surface area contributed by atoms with Gasteiger partial charge < -0.3 is 24.4 Å². The molecule has 1 atom stereocenters. The van der Waals surface area contributed by atoms with E-state index in [0.29, 0.717) is 42.3 Å². The predicted octanol–water partition coefficient (Wildman–Crippen LogP) is 3.47. The van der Waals surface area contributed by atoms with E-state index in [9.17, 15) is 14.7 Å². The number of amides is 1. The van der Waals surface area contributed by atoms with Gasteiger partial charge in [-0.1, -0.05) is 43.3 Å². The highest BCUT2D eigenvalue weighted by molar-refractivity contribution is 6.46. The van der Waals surface area contributed by atoms with Crippen LogP contribution in [0.25, 0.3) is 5.76 Å². The van der Waals surface area contributed by atoms with Crippen LogP contribution in [0.4, 0.5) is 0 Å². The molecule has 1 saturated heterocycles. The molecule has 170 valence electrons. The molecular formula is C25H30N2O5. The molecule has 0 spiro atoms. The van der Waals surface area contributed by atoms with Crippen molar-refractivity contribution in [1.82, 2.24) is 9.80 Å². The van der Waals surface area contributed by atoms with Gasteiger partial charge in [0.05, 0.1) is 25.3 Å². The summed E-state index contributed by atoms with van der Waals surface area (Å²) in [6.45, 7) is 3.42. The van der Waals surface area contributed by atoms with E-state index >= 15 is 0 Å². The lowest BCUT2D eigenvalue weighted by molar-refractivity contribution is -0.140. The minimum Gasteiger partial charge on any atom is -0.507 e. The number of ketones is 1. The molecule has 1 heterocycles. The molecule has 0 bridgehead atoms. The number of ether oxygens (including phenoxy) is 2. The molecule has 0 saturated carbocycles. The van der Waals surface area contributed by atoms with Gasteiger partial charge in [0, 0.05) is 18.7 Å². The summed E-state index contributed by atoms with van der Waals surface area (Å²) in [5, 5.41) is 11.1. The maximum Gasteiger partial charge on any atom is 0.295 e. The summed E-state index contributed by atoms with van der Waals surface area (Å²) in [5.41, 5.74) is 1.23. The van der Waals surface area contributed by atoms with Crippen LogP contribution < -0.4 is 9.47 Å². The third kappa shape index (κ3) is 4.78. The van der Waals surface area contributed by atoms with Crippen LogP contribution in [-0.4, -0.2) is 67.5 Å². The van der Waals surface area contributed by atoms with Crippen LogP contribution in [0.2, 0.25) is 0 Å². The molecule has 7 heteroatoms. The average Bonchev–Trinajstić information content (AvgIpc) is 3.06. The summed E-state index contributed by atoms with van der Waals surface area (Å²) in [6, 6.07) is 13.4. The van der Waals surface area contributed by atoms with Crippen molar-refractivity contribution in [3.05, 3.63) is 65.2 Å². The topological polar surface area (TPSA) is 79.3 Å². The van der Waals surface area contributed by atoms with Crippen molar-refractivity contribution < 1.29 is 24.2 Å². The molecule has 0 radical (unpaired) electrons. The smallest absolute Gasteiger partial charge is 0.295 e. The van der Waals surface area contributed by atoms with Crippen LogP contribution in [-0.2, 0) is 9.59 Å². The fourth-order valence-electron chi connectivity index (χ4n) is 3.70. The number of aliphatic hydroxyl groups excluding tert-OH is 1. The Morgan fingerprint density at radius 2 is 1.81 bits per heavy atom. The van der Waals surface area contributed by atoms with E-state index in [2.05, 4.69) is 0 Å². The van der Waals surface area contributed by atoms with Gasteiger partial charge in [-0.25, -0.2) is 0 Å². The first-order valence-electron chi connectivity index (χ1n) is 10.7. The SMILES string of the molecule is CCCOc1cc(C2/C(=C(/O)c3ccccc3)C(=O)C(=O)N2CCN(C)C)ccc1OC. The van der Waals surface area contributed by atoms with Crippen molar-refractivity contribution in [2.45, 2.75) is 19.4 Å². The van der Waals surface area contributed by atoms with Gasteiger partial charge in [-0.3, -0.25) is 9.59 Å². The lowest BCUT2D eigenvalue weighted by Gasteiger charge is -2.27. The van der Waals surface area contributed by atoms with Crippen molar-refractivity contribution in [2.75, 3.05) is 40.9 Å². The van der Waals surface area contributed by atoms with Crippen LogP contribution in [0, 0.1) is 0 Å². The van der Waals surface area contributed by atoms with E-state index in [0.717, 1.165) is 6.42 Å². The summed E-state index contributed by atoms with van der Waals surface area (Å²) in [5.74, 6) is -0.406. The average molecular weight is 439 g/mol. The summed E-state index contributed by atoms with van der Waals surface area (Å²) in [4.78, 5) is 29.5. The van der Waals surface area contributed by atoms with Crippen molar-refractivity contribution >= 4 is 17.4 Å². The second-order valence-corrected chi connectivity index (χ2v) is 7.92. The van der Waals surface area contributed by atoms with Gasteiger partial charge >= 0.3 is 0 Å². The largest absolute Gasteiger partial charge is 0.507 e. The first kappa shape index (κ1) is 23.3. The molecule has 1 aliphatic rings. The fourth-order valence-corrected chi connectivity index (χ4v) is 3.70. The van der Waals surface area contributed by atoms with Crippen LogP contribution in [0.1, 0.15) is 30.5 Å². The first-order chi connectivity index (χ1) is 15.4. The monoisotopic (exact) mass is 438 g/mol. The van der Waals surface area contributed by atoms with Gasteiger partial charge in [0.1, 0.15) is 5.76 Å². The third-order valence-electron chi connectivity index (χ3n) is 5.34. The molecule has 32 heavy (non-hydrogen) atoms. The van der Waals surface area contributed by atoms with Crippen LogP contribution in [0.15, 0.2) is 54.1 Å². The number of Topliss-reactive ketones (excluding diaryl/α,β-unsaturated/α-hetero) is 1. The van der Waals surface area contributed by atoms with Gasteiger partial charge in [0.25, 0.3) is 11.7 Å². The number of hydrogen-bond donors (Lipinski definition) is 1. The molecule has 0 aromatic heterocycles. The Bertz CT molecular complexity index is 1000. The summed E-state index contributed by atoms with van der Waals surface area (Å²) in [7, 11) is 5.37. The highest BCUT2D eigenvalue weighted by Gasteiger charge is 2.46. The summed E-state index contributed by atoms with van der Waals surface area (Å²) >= 11 is 0. The highest BCUT2D eigenvalue weighted by Crippen LogP contribution is 2.41. The van der Waals surface area contributed by atoms with E-state index in [1.165, 1.54) is 4.90 Å². The zero-order valence-electron chi connectivity index (χ0n) is 19.0. The predicted molar refractivity (Wildman–Crippen MR) is 123 cm³/mol. The number of methoxy groups -OCH3 is 1. The van der Waals surface area contributed by atoms with Gasteiger partial charge in [0.2, 0.25) is 0 Å². The Labute approximate surface area is 188 Å². The molecule has 2 aromatic rings. The van der Waals surface area contributed by atoms with E-state index in [-0.39, 0.29) is 11.3 Å². The first-order valence-corrected chi connectivity index (χ1v) is 10.7. The van der Waals surface area contributed by atoms with Gasteiger partial charge in [-0.15, -0.1) is 0 Å². The number of carbonyl (C=O) groups is 2. The van der Waals surface area contributed by atoms with E-state index in [1.807, 2.05) is 32.0 Å². The van der Waals surface area contributed by atoms with Crippen LogP contribution >= 0.6 is 0 Å². The summed E-state index contributed by atoms with van der Waals surface area (Å²) in [6.07, 6.45) is 0.822. The minimum absolute atomic E-state index is 0.0755. The molecule has 2 aromatic carbocycles. The van der Waals surface area contributed by atoms with Crippen LogP contribution in [0.5, 0.6) is 11.5 Å². The molecule has 7 nitrogen and oxygen atoms in total. The Kier molecular flexibility index (Phi) is 7.53. The Morgan fingerprint density at radius 1 is 1.09 bits per heavy atom. The lowest BCUT2D eigenvalue weighted by Crippen LogP contribution is -2.35. The zero-order valence-corrected chi connectivity index (χ0v) is 19.0. The lowest BCUT2D eigenvalue weighted by atomic mass is 9.95. The number of likely N-dealkylation sites (tertiary alicyclic amines) is 1. The fraction of sp³-hybridized carbons (Fsp3) is 0.360. The molecule has 1 amide bonds. The third-order valence-corrected chi connectivity index (χ3v) is 5.34. The minimum atomic E-state index is -0.731. The van der Waals surface area contributed by atoms with Crippen molar-refractivity contribution in [3.8, 4) is 11.5 Å². The maximum absolute atomic E-state index is 13.1. The molecule has 1 aliphatic heterocycles. The van der Waals surface area contributed by atoms with E-state index in [4.69, 9.17) is 9.47 Å². The molecule has 1 N–H and O–H groups in total. The molecule has 1 unspecified atom stereocenters. The standard InChI is InChI=1S/C25H30N2O5/c1-5-15-32-20-16-18(11-12-19(20)31-4)22-21(23(28)17-9-7-6-8-10-17)24(29)25(30)27(22)14-13-26(2)3/h6-12,16,22,28H,5,13-15H2,1-4H3/b23-21-. The molecule has 0 aliphatic carbocycles. The zero-order chi connectivity index (χ0) is 23.3. The summed E-state index contributed by atoms with van der Waals surface area (Å²) < 4.78 is 11.3. The van der Waals surface area contributed by atoms with Gasteiger partial charge in [-0.2, -0.15) is 0 Å². The van der Waals surface area contributed by atoms with Crippen molar-refractivity contribution in [1.29, 1.82) is 0 Å². The number of aliphatic hydroxyl groups is 1. The molecule has 3 rings (SSSR count). The number of likely N-dealkylation sites (N-methyl/N-ethyl adjacent to an activating group) is 1. The second kappa shape index (κ2) is 10.3. The van der Waals surface area contributed by atoms with Gasteiger partial charge in [-0.05, 0) is 38.2 Å². The van der Waals surface area contributed by atoms with E-state index < -0.39 is 17.7 Å². The Balaban J connectivity index is 2.15. The maximum atomic E-state index is 13.1. The van der Waals surface area contributed by atoms with Crippen molar-refractivity contribution in [2.24, 2.45) is 0 Å². The Hall–Kier alpha value is -3.32. The van der Waals surface area contributed by atoms with E-state index in [1.54, 1.807) is 49.6 Å². The number of benzene rings is 2. The number of hydrogen-bond acceptors (Lipinski definition) is 6. The highest BCUT2D eigenvalue weighted by atomic mass is 16.5. The molecule has 1 fully saturated rings. The number of nitrogens with zero attached hydrogens (tertiary/aromatic N) is 2. The quantitative estimate of drug-likeness (QED) is 0.367. The molecular weight excluding hydrogens is 408 g/mol. The number of rotatable bonds is 9. The van der Waals surface area contributed by atoms with Crippen molar-refractivity contribution in [3.63, 3.8) is 0 Å². The number of carbonyl (C=O) groups excluding carboxylic acids is 2.